The molecular weight excluding hydrogens is 303 g/mol. The summed E-state index contributed by atoms with van der Waals surface area (Å²) in [5, 5.41) is 0. The van der Waals surface area contributed by atoms with Crippen molar-refractivity contribution in [3.05, 3.63) is 23.8 Å². The van der Waals surface area contributed by atoms with Crippen molar-refractivity contribution in [1.29, 1.82) is 0 Å². The second kappa shape index (κ2) is 4.20. The third-order valence-corrected chi connectivity index (χ3v) is 3.08. The van der Waals surface area contributed by atoms with Crippen molar-refractivity contribution in [2.75, 3.05) is 4.43 Å². The molecule has 0 unspecified atom stereocenters. The molecule has 1 aliphatic rings. The highest BCUT2D eigenvalue weighted by atomic mass is 127. The van der Waals surface area contributed by atoms with Gasteiger partial charge in [-0.2, -0.15) is 0 Å². The molecule has 1 aromatic carbocycles. The quantitative estimate of drug-likeness (QED) is 0.627. The van der Waals surface area contributed by atoms with Gasteiger partial charge in [-0.05, 0) is 35.0 Å². The summed E-state index contributed by atoms with van der Waals surface area (Å²) in [5.74, 6) is 1.23. The maximum atomic E-state index is 5.69. The molecule has 0 amide bonds. The van der Waals surface area contributed by atoms with Crippen LogP contribution in [0.4, 0.5) is 0 Å². The summed E-state index contributed by atoms with van der Waals surface area (Å²) in [6.45, 7) is 3.86. The number of fused-ring (bicyclic) bond motifs is 1. The maximum absolute atomic E-state index is 5.69. The number of hydrogen-bond donors (Lipinski definition) is 0. The van der Waals surface area contributed by atoms with E-state index in [4.69, 9.17) is 9.47 Å². The average Bonchev–Trinajstić information content (AvgIpc) is 2.47. The summed E-state index contributed by atoms with van der Waals surface area (Å²) in [6, 6.07) is 6.22. The van der Waals surface area contributed by atoms with E-state index in [0.29, 0.717) is 0 Å². The largest absolute Gasteiger partial charge is 0.449 e. The van der Waals surface area contributed by atoms with E-state index in [1.807, 2.05) is 19.9 Å². The Hall–Kier alpha value is -0.450. The van der Waals surface area contributed by atoms with Gasteiger partial charge in [-0.25, -0.2) is 0 Å². The lowest BCUT2D eigenvalue weighted by molar-refractivity contribution is -0.0431. The van der Waals surface area contributed by atoms with Crippen LogP contribution < -0.4 is 9.47 Å². The first-order chi connectivity index (χ1) is 7.11. The summed E-state index contributed by atoms with van der Waals surface area (Å²) >= 11 is 2.40. The predicted molar refractivity (Wildman–Crippen MR) is 69.0 cm³/mol. The Balaban J connectivity index is 2.15. The molecule has 0 saturated carbocycles. The molecule has 0 radical (unpaired) electrons. The van der Waals surface area contributed by atoms with E-state index in [2.05, 4.69) is 34.7 Å². The summed E-state index contributed by atoms with van der Waals surface area (Å²) in [7, 11) is 0. The molecule has 2 nitrogen and oxygen atoms in total. The van der Waals surface area contributed by atoms with Gasteiger partial charge in [0, 0.05) is 13.8 Å². The molecule has 1 heterocycles. The molecule has 0 aromatic heterocycles. The molecule has 0 saturated heterocycles. The topological polar surface area (TPSA) is 18.5 Å². The smallest absolute Gasteiger partial charge is 0.246 e. The van der Waals surface area contributed by atoms with Crippen molar-refractivity contribution in [2.45, 2.75) is 32.5 Å². The van der Waals surface area contributed by atoms with Gasteiger partial charge in [0.1, 0.15) is 0 Å². The Labute approximate surface area is 104 Å². The van der Waals surface area contributed by atoms with Crippen molar-refractivity contribution < 1.29 is 9.47 Å². The van der Waals surface area contributed by atoms with Gasteiger partial charge in [0.05, 0.1) is 0 Å². The lowest BCUT2D eigenvalue weighted by atomic mass is 10.1. The van der Waals surface area contributed by atoms with Crippen LogP contribution >= 0.6 is 22.6 Å². The number of aryl methyl sites for hydroxylation is 1. The zero-order valence-corrected chi connectivity index (χ0v) is 11.2. The van der Waals surface area contributed by atoms with Crippen molar-refractivity contribution in [3.63, 3.8) is 0 Å². The molecule has 0 bridgehead atoms. The molecule has 15 heavy (non-hydrogen) atoms. The Morgan fingerprint density at radius 2 is 1.93 bits per heavy atom. The fourth-order valence-electron chi connectivity index (χ4n) is 1.69. The van der Waals surface area contributed by atoms with Gasteiger partial charge in [-0.1, -0.05) is 28.7 Å². The fourth-order valence-corrected chi connectivity index (χ4v) is 2.07. The molecule has 0 atom stereocenters. The highest BCUT2D eigenvalue weighted by Crippen LogP contribution is 2.39. The lowest BCUT2D eigenvalue weighted by Gasteiger charge is -2.16. The Kier molecular flexibility index (Phi) is 3.09. The van der Waals surface area contributed by atoms with E-state index in [1.54, 1.807) is 0 Å². The minimum absolute atomic E-state index is 0.510. The van der Waals surface area contributed by atoms with Crippen molar-refractivity contribution in [3.8, 4) is 11.5 Å². The molecule has 0 aliphatic carbocycles. The van der Waals surface area contributed by atoms with Crippen LogP contribution in [0.25, 0.3) is 0 Å². The second-order valence-electron chi connectivity index (χ2n) is 4.18. The first-order valence-electron chi connectivity index (χ1n) is 5.18. The summed E-state index contributed by atoms with van der Waals surface area (Å²) in [5.41, 5.74) is 1.33. The van der Waals surface area contributed by atoms with Crippen LogP contribution in [-0.2, 0) is 6.42 Å². The number of alkyl halides is 1. The molecule has 0 fully saturated rings. The van der Waals surface area contributed by atoms with E-state index < -0.39 is 5.79 Å². The van der Waals surface area contributed by atoms with Gasteiger partial charge < -0.3 is 9.47 Å². The summed E-state index contributed by atoms with van der Waals surface area (Å²) in [4.78, 5) is 0. The van der Waals surface area contributed by atoms with Gasteiger partial charge in [0.25, 0.3) is 0 Å². The van der Waals surface area contributed by atoms with Crippen molar-refractivity contribution >= 4 is 22.6 Å². The van der Waals surface area contributed by atoms with E-state index >= 15 is 0 Å². The first kappa shape index (κ1) is 11.0. The highest BCUT2D eigenvalue weighted by Gasteiger charge is 2.31. The molecule has 0 N–H and O–H groups in total. The molecule has 0 spiro atoms. The Morgan fingerprint density at radius 3 is 2.67 bits per heavy atom. The van der Waals surface area contributed by atoms with Crippen molar-refractivity contribution in [1.82, 2.24) is 0 Å². The minimum Gasteiger partial charge on any atom is -0.449 e. The Morgan fingerprint density at radius 1 is 1.20 bits per heavy atom. The van der Waals surface area contributed by atoms with Crippen LogP contribution in [0.5, 0.6) is 11.5 Å². The maximum Gasteiger partial charge on any atom is 0.246 e. The number of ether oxygens (including phenoxy) is 2. The van der Waals surface area contributed by atoms with Gasteiger partial charge in [-0.15, -0.1) is 0 Å². The van der Waals surface area contributed by atoms with E-state index in [0.717, 1.165) is 17.9 Å². The summed E-state index contributed by atoms with van der Waals surface area (Å²) in [6.07, 6.45) is 2.32. The molecule has 82 valence electrons. The van der Waals surface area contributed by atoms with E-state index in [9.17, 15) is 0 Å². The van der Waals surface area contributed by atoms with Crippen LogP contribution in [0.2, 0.25) is 0 Å². The normalized spacial score (nSPS) is 16.7. The van der Waals surface area contributed by atoms with E-state index in [1.165, 1.54) is 16.4 Å². The fraction of sp³-hybridized carbons (Fsp3) is 0.500. The minimum atomic E-state index is -0.510. The second-order valence-corrected chi connectivity index (χ2v) is 5.26. The first-order valence-corrected chi connectivity index (χ1v) is 6.70. The molecule has 1 aliphatic heterocycles. The van der Waals surface area contributed by atoms with Gasteiger partial charge >= 0.3 is 0 Å². The number of hydrogen-bond acceptors (Lipinski definition) is 2. The lowest BCUT2D eigenvalue weighted by Crippen LogP contribution is -2.29. The predicted octanol–water partition coefficient (Wildman–Crippen LogP) is 3.56. The van der Waals surface area contributed by atoms with E-state index in [-0.39, 0.29) is 0 Å². The Bertz CT molecular complexity index is 361. The standard InChI is InChI=1S/C12H15IO2/c1-12(2)14-10-6-5-9(4-3-7-13)8-11(10)15-12/h5-6,8H,3-4,7H2,1-2H3. The van der Waals surface area contributed by atoms with Gasteiger partial charge in [-0.3, -0.25) is 0 Å². The van der Waals surface area contributed by atoms with Crippen LogP contribution in [-0.4, -0.2) is 10.2 Å². The molecule has 3 heteroatoms. The molecular formula is C12H15IO2. The zero-order chi connectivity index (χ0) is 10.9. The van der Waals surface area contributed by atoms with Crippen LogP contribution in [0, 0.1) is 0 Å². The summed E-state index contributed by atoms with van der Waals surface area (Å²) < 4.78 is 12.5. The molecule has 2 rings (SSSR count). The number of halogens is 1. The van der Waals surface area contributed by atoms with Crippen LogP contribution in [0.15, 0.2) is 18.2 Å². The third-order valence-electron chi connectivity index (χ3n) is 2.32. The zero-order valence-electron chi connectivity index (χ0n) is 9.05. The van der Waals surface area contributed by atoms with Crippen molar-refractivity contribution in [2.24, 2.45) is 0 Å². The average molecular weight is 318 g/mol. The number of rotatable bonds is 3. The SMILES string of the molecule is CC1(C)Oc2ccc(CCCI)cc2O1. The highest BCUT2D eigenvalue weighted by molar-refractivity contribution is 14.1. The third kappa shape index (κ3) is 2.56. The van der Waals surface area contributed by atoms with Crippen LogP contribution in [0.1, 0.15) is 25.8 Å². The van der Waals surface area contributed by atoms with Crippen LogP contribution in [0.3, 0.4) is 0 Å². The number of benzene rings is 1. The monoisotopic (exact) mass is 318 g/mol. The van der Waals surface area contributed by atoms with Gasteiger partial charge in [0.15, 0.2) is 11.5 Å². The van der Waals surface area contributed by atoms with Gasteiger partial charge in [0.2, 0.25) is 5.79 Å². The molecule has 1 aromatic rings.